The van der Waals surface area contributed by atoms with E-state index in [2.05, 4.69) is 0 Å². The second-order valence-electron chi connectivity index (χ2n) is 2.42. The topological polar surface area (TPSA) is 425 Å². The maximum absolute atomic E-state index is 7.17. The van der Waals surface area contributed by atoms with Crippen LogP contribution in [0.15, 0.2) is 0 Å². The van der Waals surface area contributed by atoms with E-state index in [0.29, 0.717) is 0 Å². The molecule has 170 valence electrons. The molecule has 0 aliphatic rings. The van der Waals surface area contributed by atoms with Gasteiger partial charge in [0.2, 0.25) is 0 Å². The van der Waals surface area contributed by atoms with Crippen LogP contribution in [0, 0.1) is 0 Å². The quantitative estimate of drug-likeness (QED) is 0.138. The Labute approximate surface area is 176 Å². The maximum atomic E-state index is 7.17. The van der Waals surface area contributed by atoms with Crippen LogP contribution in [0.2, 0.25) is 0 Å². The van der Waals surface area contributed by atoms with Crippen molar-refractivity contribution in [3.05, 3.63) is 0 Å². The van der Waals surface area contributed by atoms with E-state index in [9.17, 15) is 0 Å². The Balaban J connectivity index is -0.0000000294. The smallest absolute Gasteiger partial charge is 0.402 e. The Morgan fingerprint density at radius 2 is 0.172 bits per heavy atom. The molecule has 0 fully saturated rings. The van der Waals surface area contributed by atoms with Crippen molar-refractivity contribution in [3.63, 3.8) is 0 Å². The van der Waals surface area contributed by atoms with E-state index in [-0.39, 0.29) is 19.5 Å². The molecule has 0 unspecified atom stereocenters. The molecule has 0 saturated carbocycles. The molecule has 0 spiro atoms. The fraction of sp³-hybridized carbons (Fsp3) is 0. The SMILES string of the molecule is OB(O)O.OB(O)O.OB(O)O.OB(O)O.OB(O)O.OB(O)O.OB(O)O.[Zn]. The molecule has 0 aliphatic carbocycles. The Bertz CT molecular complexity index is 121. The van der Waals surface area contributed by atoms with Crippen LogP contribution in [0.4, 0.5) is 0 Å². The molecule has 0 amide bonds. The first-order valence-electron chi connectivity index (χ1n) is 5.42. The van der Waals surface area contributed by atoms with Gasteiger partial charge in [0.1, 0.15) is 0 Å². The van der Waals surface area contributed by atoms with Crippen molar-refractivity contribution in [2.24, 2.45) is 0 Å². The Kier molecular flexibility index (Phi) is 82.8. The summed E-state index contributed by atoms with van der Waals surface area (Å²) in [7, 11) is -15.2. The summed E-state index contributed by atoms with van der Waals surface area (Å²) in [6.45, 7) is 0. The zero-order valence-corrected chi connectivity index (χ0v) is 17.1. The molecule has 0 aromatic rings. The summed E-state index contributed by atoms with van der Waals surface area (Å²) < 4.78 is 0. The molecule has 29 heavy (non-hydrogen) atoms. The fourth-order valence-electron chi connectivity index (χ4n) is 0. The molecule has 0 aliphatic heterocycles. The van der Waals surface area contributed by atoms with Gasteiger partial charge in [0, 0.05) is 19.5 Å². The van der Waals surface area contributed by atoms with Crippen molar-refractivity contribution in [2.45, 2.75) is 0 Å². The number of hydrogen-bond acceptors (Lipinski definition) is 21. The van der Waals surface area contributed by atoms with Crippen LogP contribution in [0.25, 0.3) is 0 Å². The minimum atomic E-state index is -2.17. The largest absolute Gasteiger partial charge is 0.631 e. The van der Waals surface area contributed by atoms with Gasteiger partial charge in [-0.25, -0.2) is 0 Å². The van der Waals surface area contributed by atoms with Gasteiger partial charge >= 0.3 is 51.2 Å². The van der Waals surface area contributed by atoms with Crippen molar-refractivity contribution >= 4 is 51.2 Å². The second-order valence-corrected chi connectivity index (χ2v) is 2.42. The van der Waals surface area contributed by atoms with Crippen LogP contribution >= 0.6 is 0 Å². The third-order valence-corrected chi connectivity index (χ3v) is 0. The summed E-state index contributed by atoms with van der Waals surface area (Å²) in [5, 5.41) is 150. The molecule has 21 N–H and O–H groups in total. The maximum Gasteiger partial charge on any atom is 0.631 e. The van der Waals surface area contributed by atoms with E-state index in [1.165, 1.54) is 0 Å². The van der Waals surface area contributed by atoms with Gasteiger partial charge in [-0.3, -0.25) is 0 Å². The van der Waals surface area contributed by atoms with Crippen LogP contribution in [-0.2, 0) is 19.5 Å². The minimum Gasteiger partial charge on any atom is -0.402 e. The number of rotatable bonds is 0. The summed E-state index contributed by atoms with van der Waals surface area (Å²) in [5.41, 5.74) is 0. The van der Waals surface area contributed by atoms with Gasteiger partial charge in [-0.15, -0.1) is 0 Å². The average molecular weight is 498 g/mol. The predicted octanol–water partition coefficient (Wildman–Crippen LogP) is -14.4. The fourth-order valence-corrected chi connectivity index (χ4v) is 0. The van der Waals surface area contributed by atoms with Crippen LogP contribution in [0.3, 0.4) is 0 Å². The molecule has 0 saturated heterocycles. The Morgan fingerprint density at radius 3 is 0.172 bits per heavy atom. The van der Waals surface area contributed by atoms with Crippen LogP contribution in [0.1, 0.15) is 0 Å². The molecule has 0 aromatic heterocycles. The van der Waals surface area contributed by atoms with Crippen molar-refractivity contribution in [1.82, 2.24) is 0 Å². The van der Waals surface area contributed by atoms with E-state index >= 15 is 0 Å². The third kappa shape index (κ3) is 343000. The van der Waals surface area contributed by atoms with E-state index in [1.807, 2.05) is 0 Å². The molecule has 21 nitrogen and oxygen atoms in total. The molecule has 0 atom stereocenters. The van der Waals surface area contributed by atoms with Gasteiger partial charge in [-0.2, -0.15) is 0 Å². The van der Waals surface area contributed by atoms with Crippen LogP contribution in [-0.4, -0.2) is 157 Å². The second kappa shape index (κ2) is 46.4. The van der Waals surface area contributed by atoms with E-state index in [1.54, 1.807) is 0 Å². The molecule has 0 radical (unpaired) electrons. The van der Waals surface area contributed by atoms with Crippen molar-refractivity contribution in [1.29, 1.82) is 0 Å². The van der Waals surface area contributed by atoms with Gasteiger partial charge in [0.05, 0.1) is 0 Å². The molecule has 0 aromatic carbocycles. The van der Waals surface area contributed by atoms with Crippen LogP contribution < -0.4 is 0 Å². The first-order valence-corrected chi connectivity index (χ1v) is 5.42. The van der Waals surface area contributed by atoms with Gasteiger partial charge in [0.15, 0.2) is 0 Å². The summed E-state index contributed by atoms with van der Waals surface area (Å²) in [6, 6.07) is 0. The van der Waals surface area contributed by atoms with E-state index in [0.717, 1.165) is 0 Å². The molecular weight excluding hydrogens is 477 g/mol. The first-order chi connectivity index (χ1) is 12.1. The molecule has 0 bridgehead atoms. The van der Waals surface area contributed by atoms with Crippen LogP contribution in [0.5, 0.6) is 0 Å². The van der Waals surface area contributed by atoms with Gasteiger partial charge in [0.25, 0.3) is 0 Å². The molecule has 29 heteroatoms. The summed E-state index contributed by atoms with van der Waals surface area (Å²) in [6.07, 6.45) is 0. The van der Waals surface area contributed by atoms with E-state index in [4.69, 9.17) is 106 Å². The van der Waals surface area contributed by atoms with Gasteiger partial charge in [-0.05, 0) is 0 Å². The standard InChI is InChI=1S/7BH3O3.Zn/c7*2-1(3)4;/h7*2-4H;. The monoisotopic (exact) mass is 498 g/mol. The van der Waals surface area contributed by atoms with Crippen molar-refractivity contribution < 1.29 is 125 Å². The van der Waals surface area contributed by atoms with Crippen molar-refractivity contribution in [3.8, 4) is 0 Å². The average Bonchev–Trinajstić information content (AvgIpc) is 2.20. The zero-order valence-electron chi connectivity index (χ0n) is 14.1. The first kappa shape index (κ1) is 51.7. The number of hydrogen-bond donors (Lipinski definition) is 21. The Hall–Kier alpha value is 0.238. The van der Waals surface area contributed by atoms with Crippen molar-refractivity contribution in [2.75, 3.05) is 0 Å². The normalized spacial score (nSPS) is 6.52. The predicted molar refractivity (Wildman–Crippen MR) is 86.9 cm³/mol. The summed E-state index contributed by atoms with van der Waals surface area (Å²) >= 11 is 0. The summed E-state index contributed by atoms with van der Waals surface area (Å²) in [4.78, 5) is 0. The zero-order chi connectivity index (χ0) is 25.0. The Morgan fingerprint density at radius 1 is 0.172 bits per heavy atom. The van der Waals surface area contributed by atoms with Gasteiger partial charge < -0.3 is 106 Å². The minimum absolute atomic E-state index is 0. The van der Waals surface area contributed by atoms with E-state index < -0.39 is 51.2 Å². The third-order valence-electron chi connectivity index (χ3n) is 0. The molecule has 0 heterocycles. The summed E-state index contributed by atoms with van der Waals surface area (Å²) in [5.74, 6) is 0. The molecular formula is H21B7O21Zn. The molecule has 0 rings (SSSR count). The van der Waals surface area contributed by atoms with Gasteiger partial charge in [-0.1, -0.05) is 0 Å².